The van der Waals surface area contributed by atoms with E-state index < -0.39 is 0 Å². The van der Waals surface area contributed by atoms with Gasteiger partial charge in [0, 0.05) is 24.0 Å². The third-order valence-electron chi connectivity index (χ3n) is 3.33. The van der Waals surface area contributed by atoms with Crippen molar-refractivity contribution in [2.24, 2.45) is 0 Å². The van der Waals surface area contributed by atoms with Crippen LogP contribution in [-0.4, -0.2) is 29.3 Å². The second kappa shape index (κ2) is 6.06. The molecule has 0 aliphatic carbocycles. The molecular weight excluding hydrogens is 234 g/mol. The van der Waals surface area contributed by atoms with Crippen LogP contribution in [0.5, 0.6) is 0 Å². The fourth-order valence-corrected chi connectivity index (χ4v) is 2.62. The van der Waals surface area contributed by atoms with Crippen LogP contribution in [0.25, 0.3) is 0 Å². The predicted octanol–water partition coefficient (Wildman–Crippen LogP) is 3.31. The van der Waals surface area contributed by atoms with Gasteiger partial charge in [0.25, 0.3) is 5.91 Å². The summed E-state index contributed by atoms with van der Waals surface area (Å²) in [5.41, 5.74) is 0.797. The van der Waals surface area contributed by atoms with Crippen molar-refractivity contribution in [2.75, 3.05) is 12.4 Å². The van der Waals surface area contributed by atoms with Crippen LogP contribution in [0.4, 0.5) is 0 Å². The van der Waals surface area contributed by atoms with Crippen LogP contribution >= 0.6 is 11.6 Å². The second-order valence-corrected chi connectivity index (χ2v) is 4.87. The molecule has 2 rings (SSSR count). The Labute approximate surface area is 108 Å². The molecular formula is C14H18ClNO. The largest absolute Gasteiger partial charge is 0.336 e. The molecule has 0 radical (unpaired) electrons. The molecule has 1 atom stereocenters. The summed E-state index contributed by atoms with van der Waals surface area (Å²) >= 11 is 5.72. The van der Waals surface area contributed by atoms with Crippen molar-refractivity contribution >= 4 is 17.5 Å². The normalized spacial score (nSPS) is 19.6. The molecule has 3 heteroatoms. The summed E-state index contributed by atoms with van der Waals surface area (Å²) in [5.74, 6) is 0.854. The highest BCUT2D eigenvalue weighted by atomic mass is 35.5. The number of benzene rings is 1. The molecule has 0 saturated carbocycles. The van der Waals surface area contributed by atoms with Crippen LogP contribution < -0.4 is 0 Å². The Morgan fingerprint density at radius 2 is 2.12 bits per heavy atom. The van der Waals surface area contributed by atoms with Gasteiger partial charge in [-0.2, -0.15) is 0 Å². The van der Waals surface area contributed by atoms with Crippen molar-refractivity contribution in [3.8, 4) is 0 Å². The zero-order chi connectivity index (χ0) is 12.1. The molecule has 1 aliphatic rings. The van der Waals surface area contributed by atoms with Crippen LogP contribution in [0.1, 0.15) is 36.0 Å². The number of likely N-dealkylation sites (tertiary alicyclic amines) is 1. The molecule has 92 valence electrons. The van der Waals surface area contributed by atoms with Crippen molar-refractivity contribution in [3.63, 3.8) is 0 Å². The van der Waals surface area contributed by atoms with Crippen LogP contribution in [0, 0.1) is 0 Å². The smallest absolute Gasteiger partial charge is 0.254 e. The number of carbonyl (C=O) groups is 1. The molecule has 1 unspecified atom stereocenters. The van der Waals surface area contributed by atoms with Crippen LogP contribution in [0.15, 0.2) is 30.3 Å². The van der Waals surface area contributed by atoms with E-state index in [2.05, 4.69) is 0 Å². The van der Waals surface area contributed by atoms with E-state index in [4.69, 9.17) is 11.6 Å². The van der Waals surface area contributed by atoms with E-state index >= 15 is 0 Å². The minimum Gasteiger partial charge on any atom is -0.336 e. The lowest BCUT2D eigenvalue weighted by atomic mass is 10.1. The van der Waals surface area contributed by atoms with Crippen LogP contribution in [-0.2, 0) is 0 Å². The highest BCUT2D eigenvalue weighted by molar-refractivity contribution is 6.17. The number of hydrogen-bond acceptors (Lipinski definition) is 1. The lowest BCUT2D eigenvalue weighted by molar-refractivity contribution is 0.0730. The van der Waals surface area contributed by atoms with Crippen LogP contribution in [0.2, 0.25) is 0 Å². The number of hydrogen-bond donors (Lipinski definition) is 0. The molecule has 1 aromatic rings. The standard InChI is InChI=1S/C14H18ClNO/c15-10-4-8-13-9-5-11-16(13)14(17)12-6-2-1-3-7-12/h1-3,6-7,13H,4-5,8-11H2. The molecule has 17 heavy (non-hydrogen) atoms. The Bertz CT molecular complexity index is 366. The summed E-state index contributed by atoms with van der Waals surface area (Å²) < 4.78 is 0. The Hall–Kier alpha value is -1.02. The van der Waals surface area contributed by atoms with Gasteiger partial charge in [0.05, 0.1) is 0 Å². The Morgan fingerprint density at radius 3 is 2.82 bits per heavy atom. The number of nitrogens with zero attached hydrogens (tertiary/aromatic N) is 1. The van der Waals surface area contributed by atoms with E-state index in [-0.39, 0.29) is 5.91 Å². The molecule has 0 spiro atoms. The first kappa shape index (κ1) is 12.4. The second-order valence-electron chi connectivity index (χ2n) is 4.49. The first-order valence-corrected chi connectivity index (χ1v) is 6.78. The maximum Gasteiger partial charge on any atom is 0.254 e. The molecule has 2 nitrogen and oxygen atoms in total. The van der Waals surface area contributed by atoms with Gasteiger partial charge in [-0.25, -0.2) is 0 Å². The molecule has 1 saturated heterocycles. The van der Waals surface area contributed by atoms with Gasteiger partial charge >= 0.3 is 0 Å². The predicted molar refractivity (Wildman–Crippen MR) is 70.5 cm³/mol. The molecule has 0 bridgehead atoms. The molecule has 1 fully saturated rings. The topological polar surface area (TPSA) is 20.3 Å². The third kappa shape index (κ3) is 3.01. The number of alkyl halides is 1. The lowest BCUT2D eigenvalue weighted by Gasteiger charge is -2.24. The van der Waals surface area contributed by atoms with E-state index in [0.29, 0.717) is 11.9 Å². The van der Waals surface area contributed by atoms with Gasteiger partial charge in [0.2, 0.25) is 0 Å². The van der Waals surface area contributed by atoms with E-state index in [9.17, 15) is 4.79 Å². The Balaban J connectivity index is 2.03. The zero-order valence-electron chi connectivity index (χ0n) is 9.94. The number of carbonyl (C=O) groups excluding carboxylic acids is 1. The van der Waals surface area contributed by atoms with Gasteiger partial charge in [0.15, 0.2) is 0 Å². The van der Waals surface area contributed by atoms with Gasteiger partial charge in [-0.3, -0.25) is 4.79 Å². The molecule has 0 N–H and O–H groups in total. The first-order valence-electron chi connectivity index (χ1n) is 6.25. The highest BCUT2D eigenvalue weighted by Gasteiger charge is 2.28. The van der Waals surface area contributed by atoms with E-state index in [0.717, 1.165) is 37.8 Å². The monoisotopic (exact) mass is 251 g/mol. The summed E-state index contributed by atoms with van der Waals surface area (Å²) in [6.45, 7) is 0.890. The zero-order valence-corrected chi connectivity index (χ0v) is 10.7. The molecule has 1 aromatic carbocycles. The van der Waals surface area contributed by atoms with E-state index in [1.54, 1.807) is 0 Å². The lowest BCUT2D eigenvalue weighted by Crippen LogP contribution is -2.35. The quantitative estimate of drug-likeness (QED) is 0.752. The van der Waals surface area contributed by atoms with Gasteiger partial charge in [0.1, 0.15) is 0 Å². The summed E-state index contributed by atoms with van der Waals surface area (Å²) in [6, 6.07) is 9.93. The van der Waals surface area contributed by atoms with Crippen molar-refractivity contribution in [1.29, 1.82) is 0 Å². The van der Waals surface area contributed by atoms with Gasteiger partial charge < -0.3 is 4.90 Å². The van der Waals surface area contributed by atoms with E-state index in [1.807, 2.05) is 35.2 Å². The Morgan fingerprint density at radius 1 is 1.35 bits per heavy atom. The summed E-state index contributed by atoms with van der Waals surface area (Å²) in [6.07, 6.45) is 4.26. The van der Waals surface area contributed by atoms with Gasteiger partial charge in [-0.15, -0.1) is 11.6 Å². The fourth-order valence-electron chi connectivity index (χ4n) is 2.46. The summed E-state index contributed by atoms with van der Waals surface area (Å²) in [7, 11) is 0. The third-order valence-corrected chi connectivity index (χ3v) is 3.60. The first-order chi connectivity index (χ1) is 8.33. The average molecular weight is 252 g/mol. The maximum absolute atomic E-state index is 12.3. The minimum atomic E-state index is 0.169. The van der Waals surface area contributed by atoms with Gasteiger partial charge in [-0.1, -0.05) is 18.2 Å². The van der Waals surface area contributed by atoms with Crippen LogP contribution in [0.3, 0.4) is 0 Å². The van der Waals surface area contributed by atoms with Crippen molar-refractivity contribution in [3.05, 3.63) is 35.9 Å². The highest BCUT2D eigenvalue weighted by Crippen LogP contribution is 2.23. The van der Waals surface area contributed by atoms with Crippen molar-refractivity contribution in [1.82, 2.24) is 4.90 Å². The maximum atomic E-state index is 12.3. The number of amides is 1. The average Bonchev–Trinajstić information content (AvgIpc) is 2.84. The van der Waals surface area contributed by atoms with E-state index in [1.165, 1.54) is 0 Å². The number of halogens is 1. The minimum absolute atomic E-state index is 0.169. The SMILES string of the molecule is O=C(c1ccccc1)N1CCCC1CCCCl. The van der Waals surface area contributed by atoms with Crippen molar-refractivity contribution in [2.45, 2.75) is 31.7 Å². The summed E-state index contributed by atoms with van der Waals surface area (Å²) in [5, 5.41) is 0. The number of rotatable bonds is 4. The molecule has 1 amide bonds. The molecule has 1 aliphatic heterocycles. The molecule has 1 heterocycles. The Kier molecular flexibility index (Phi) is 4.43. The molecule has 0 aromatic heterocycles. The van der Waals surface area contributed by atoms with Gasteiger partial charge in [-0.05, 0) is 37.8 Å². The van der Waals surface area contributed by atoms with Crippen molar-refractivity contribution < 1.29 is 4.79 Å². The summed E-state index contributed by atoms with van der Waals surface area (Å²) in [4.78, 5) is 14.3. The fraction of sp³-hybridized carbons (Fsp3) is 0.500.